The van der Waals surface area contributed by atoms with E-state index in [1.807, 2.05) is 13.8 Å². The third-order valence-corrected chi connectivity index (χ3v) is 3.15. The van der Waals surface area contributed by atoms with Gasteiger partial charge < -0.3 is 15.8 Å². The van der Waals surface area contributed by atoms with Gasteiger partial charge in [-0.15, -0.1) is 0 Å². The number of carbonyl (C=O) groups is 2. The van der Waals surface area contributed by atoms with Gasteiger partial charge in [-0.3, -0.25) is 4.79 Å². The summed E-state index contributed by atoms with van der Waals surface area (Å²) in [6, 6.07) is 4.57. The summed E-state index contributed by atoms with van der Waals surface area (Å²) in [4.78, 5) is 23.4. The van der Waals surface area contributed by atoms with Crippen molar-refractivity contribution in [2.45, 2.75) is 32.7 Å². The fourth-order valence-corrected chi connectivity index (χ4v) is 1.87. The maximum absolute atomic E-state index is 11.8. The van der Waals surface area contributed by atoms with Crippen LogP contribution in [0.25, 0.3) is 0 Å². The number of benzene rings is 1. The molecule has 0 unspecified atom stereocenters. The number of hydrogen-bond acceptors (Lipinski definition) is 4. The molecule has 0 radical (unpaired) electrons. The van der Waals surface area contributed by atoms with Crippen LogP contribution in [0, 0.1) is 0 Å². The van der Waals surface area contributed by atoms with Gasteiger partial charge in [0.1, 0.15) is 0 Å². The molecule has 0 aromatic heterocycles. The average molecular weight is 299 g/mol. The van der Waals surface area contributed by atoms with E-state index in [-0.39, 0.29) is 29.8 Å². The third-order valence-electron chi connectivity index (χ3n) is 2.92. The summed E-state index contributed by atoms with van der Waals surface area (Å²) in [6.07, 6.45) is 1.67. The summed E-state index contributed by atoms with van der Waals surface area (Å²) in [5, 5.41) is 3.21. The van der Waals surface area contributed by atoms with Crippen LogP contribution in [0.15, 0.2) is 18.2 Å². The zero-order valence-electron chi connectivity index (χ0n) is 11.6. The molecule has 5 nitrogen and oxygen atoms in total. The first-order valence-corrected chi connectivity index (χ1v) is 6.87. The molecule has 0 heterocycles. The summed E-state index contributed by atoms with van der Waals surface area (Å²) < 4.78 is 4.93. The molecule has 0 aliphatic rings. The molecule has 1 aromatic rings. The number of nitrogens with two attached hydrogens (primary N) is 1. The molecule has 0 bridgehead atoms. The lowest BCUT2D eigenvalue weighted by Gasteiger charge is -2.14. The van der Waals surface area contributed by atoms with Gasteiger partial charge in [-0.05, 0) is 31.0 Å². The van der Waals surface area contributed by atoms with E-state index in [9.17, 15) is 9.59 Å². The van der Waals surface area contributed by atoms with Crippen molar-refractivity contribution in [2.24, 2.45) is 0 Å². The van der Waals surface area contributed by atoms with Gasteiger partial charge in [0.15, 0.2) is 6.61 Å². The van der Waals surface area contributed by atoms with Crippen molar-refractivity contribution in [2.75, 3.05) is 12.3 Å². The first-order chi connectivity index (χ1) is 9.47. The van der Waals surface area contributed by atoms with Gasteiger partial charge >= 0.3 is 5.97 Å². The fourth-order valence-electron chi connectivity index (χ4n) is 1.69. The molecule has 0 atom stereocenters. The first-order valence-electron chi connectivity index (χ1n) is 6.49. The highest BCUT2D eigenvalue weighted by molar-refractivity contribution is 6.31. The number of nitrogens with one attached hydrogen (secondary N) is 1. The second-order valence-electron chi connectivity index (χ2n) is 4.39. The topological polar surface area (TPSA) is 81.4 Å². The standard InChI is InChI=1S/C14H19ClN2O3/c1-3-10(4-2)17-13(18)8-20-14(19)11-6-5-9(15)7-12(11)16/h5-7,10H,3-4,8,16H2,1-2H3,(H,17,18). The Morgan fingerprint density at radius 1 is 1.35 bits per heavy atom. The van der Waals surface area contributed by atoms with E-state index >= 15 is 0 Å². The molecule has 0 aliphatic heterocycles. The quantitative estimate of drug-likeness (QED) is 0.624. The summed E-state index contributed by atoms with van der Waals surface area (Å²) in [5.41, 5.74) is 6.09. The number of amides is 1. The van der Waals surface area contributed by atoms with Crippen LogP contribution in [0.2, 0.25) is 5.02 Å². The Kier molecular flexibility index (Phi) is 6.31. The third kappa shape index (κ3) is 4.74. The average Bonchev–Trinajstić information content (AvgIpc) is 2.42. The number of halogens is 1. The van der Waals surface area contributed by atoms with E-state index in [4.69, 9.17) is 22.1 Å². The predicted octanol–water partition coefficient (Wildman–Crippen LogP) is 2.38. The number of ether oxygens (including phenoxy) is 1. The zero-order chi connectivity index (χ0) is 15.1. The summed E-state index contributed by atoms with van der Waals surface area (Å²) in [7, 11) is 0. The zero-order valence-corrected chi connectivity index (χ0v) is 12.4. The molecule has 0 fully saturated rings. The van der Waals surface area contributed by atoms with Crippen molar-refractivity contribution in [3.05, 3.63) is 28.8 Å². The largest absolute Gasteiger partial charge is 0.452 e. The molecular formula is C14H19ClN2O3. The van der Waals surface area contributed by atoms with Crippen molar-refractivity contribution in [1.82, 2.24) is 5.32 Å². The van der Waals surface area contributed by atoms with Crippen LogP contribution < -0.4 is 11.1 Å². The highest BCUT2D eigenvalue weighted by atomic mass is 35.5. The van der Waals surface area contributed by atoms with Gasteiger partial charge in [-0.25, -0.2) is 4.79 Å². The lowest BCUT2D eigenvalue weighted by molar-refractivity contribution is -0.125. The van der Waals surface area contributed by atoms with Crippen molar-refractivity contribution in [1.29, 1.82) is 0 Å². The van der Waals surface area contributed by atoms with Gasteiger partial charge in [-0.1, -0.05) is 25.4 Å². The van der Waals surface area contributed by atoms with Crippen LogP contribution in [-0.4, -0.2) is 24.5 Å². The van der Waals surface area contributed by atoms with E-state index in [1.165, 1.54) is 12.1 Å². The highest BCUT2D eigenvalue weighted by Crippen LogP contribution is 2.18. The SMILES string of the molecule is CCC(CC)NC(=O)COC(=O)c1ccc(Cl)cc1N. The minimum Gasteiger partial charge on any atom is -0.452 e. The monoisotopic (exact) mass is 298 g/mol. The van der Waals surface area contributed by atoms with Gasteiger partial charge in [0.05, 0.1) is 5.56 Å². The van der Waals surface area contributed by atoms with Crippen molar-refractivity contribution in [3.8, 4) is 0 Å². The van der Waals surface area contributed by atoms with Crippen LogP contribution >= 0.6 is 11.6 Å². The molecule has 110 valence electrons. The number of esters is 1. The predicted molar refractivity (Wildman–Crippen MR) is 78.7 cm³/mol. The van der Waals surface area contributed by atoms with E-state index in [2.05, 4.69) is 5.32 Å². The Hall–Kier alpha value is -1.75. The molecule has 1 rings (SSSR count). The second-order valence-corrected chi connectivity index (χ2v) is 4.83. The summed E-state index contributed by atoms with van der Waals surface area (Å²) in [6.45, 7) is 3.64. The molecule has 3 N–H and O–H groups in total. The number of nitrogen functional groups attached to an aromatic ring is 1. The lowest BCUT2D eigenvalue weighted by Crippen LogP contribution is -2.36. The second kappa shape index (κ2) is 7.75. The molecule has 0 aliphatic carbocycles. The van der Waals surface area contributed by atoms with E-state index in [1.54, 1.807) is 6.07 Å². The van der Waals surface area contributed by atoms with Crippen molar-refractivity contribution < 1.29 is 14.3 Å². The summed E-state index contributed by atoms with van der Waals surface area (Å²) >= 11 is 5.74. The molecular weight excluding hydrogens is 280 g/mol. The number of rotatable bonds is 6. The van der Waals surface area contributed by atoms with Gasteiger partial charge in [0.25, 0.3) is 5.91 Å². The number of hydrogen-bond donors (Lipinski definition) is 2. The van der Waals surface area contributed by atoms with E-state index in [0.29, 0.717) is 5.02 Å². The molecule has 0 saturated carbocycles. The number of carbonyl (C=O) groups excluding carboxylic acids is 2. The van der Waals surface area contributed by atoms with Gasteiger partial charge in [-0.2, -0.15) is 0 Å². The molecule has 0 saturated heterocycles. The maximum atomic E-state index is 11.8. The minimum atomic E-state index is -0.640. The van der Waals surface area contributed by atoms with Crippen LogP contribution in [0.3, 0.4) is 0 Å². The van der Waals surface area contributed by atoms with Crippen molar-refractivity contribution >= 4 is 29.2 Å². The van der Waals surface area contributed by atoms with E-state index in [0.717, 1.165) is 12.8 Å². The molecule has 1 amide bonds. The van der Waals surface area contributed by atoms with Crippen LogP contribution in [-0.2, 0) is 9.53 Å². The fraction of sp³-hybridized carbons (Fsp3) is 0.429. The minimum absolute atomic E-state index is 0.0989. The maximum Gasteiger partial charge on any atom is 0.340 e. The van der Waals surface area contributed by atoms with E-state index < -0.39 is 5.97 Å². The Labute approximate surface area is 123 Å². The van der Waals surface area contributed by atoms with Crippen LogP contribution in [0.1, 0.15) is 37.0 Å². The summed E-state index contributed by atoms with van der Waals surface area (Å²) in [5.74, 6) is -0.960. The molecule has 6 heteroatoms. The first kappa shape index (κ1) is 16.3. The van der Waals surface area contributed by atoms with Crippen LogP contribution in [0.4, 0.5) is 5.69 Å². The van der Waals surface area contributed by atoms with Crippen LogP contribution in [0.5, 0.6) is 0 Å². The van der Waals surface area contributed by atoms with Gasteiger partial charge in [0.2, 0.25) is 0 Å². The highest BCUT2D eigenvalue weighted by Gasteiger charge is 2.14. The lowest BCUT2D eigenvalue weighted by atomic mass is 10.2. The smallest absolute Gasteiger partial charge is 0.340 e. The number of anilines is 1. The normalized spacial score (nSPS) is 10.4. The Morgan fingerprint density at radius 2 is 2.00 bits per heavy atom. The molecule has 1 aromatic carbocycles. The molecule has 20 heavy (non-hydrogen) atoms. The van der Waals surface area contributed by atoms with Gasteiger partial charge in [0, 0.05) is 16.8 Å². The Balaban J connectivity index is 2.53. The van der Waals surface area contributed by atoms with Crippen molar-refractivity contribution in [3.63, 3.8) is 0 Å². The Bertz CT molecular complexity index is 487. The Morgan fingerprint density at radius 3 is 2.55 bits per heavy atom. The molecule has 0 spiro atoms.